The Hall–Kier alpha value is -1.01. The van der Waals surface area contributed by atoms with Crippen molar-refractivity contribution in [3.63, 3.8) is 0 Å². The van der Waals surface area contributed by atoms with Gasteiger partial charge in [0, 0.05) is 15.3 Å². The maximum atomic E-state index is 10.8. The SMILES string of the molecule is Cc1csc(COCC#Cc2ccc(CCC(C)(N)COP(=O)(O)O)s2)c1. The van der Waals surface area contributed by atoms with Crippen LogP contribution in [0.3, 0.4) is 0 Å². The van der Waals surface area contributed by atoms with E-state index in [0.717, 1.165) is 9.75 Å². The van der Waals surface area contributed by atoms with E-state index in [4.69, 9.17) is 20.3 Å². The third-order valence-corrected chi connectivity index (χ3v) is 6.14. The fourth-order valence-electron chi connectivity index (χ4n) is 2.18. The minimum Gasteiger partial charge on any atom is -0.363 e. The molecule has 0 fully saturated rings. The molecule has 1 unspecified atom stereocenters. The van der Waals surface area contributed by atoms with Crippen molar-refractivity contribution in [3.8, 4) is 11.8 Å². The molecule has 0 aromatic carbocycles. The first-order chi connectivity index (χ1) is 12.6. The van der Waals surface area contributed by atoms with Crippen LogP contribution in [0.1, 0.15) is 33.5 Å². The molecule has 0 spiro atoms. The molecule has 0 amide bonds. The lowest BCUT2D eigenvalue weighted by Crippen LogP contribution is -2.41. The van der Waals surface area contributed by atoms with Gasteiger partial charge in [-0.25, -0.2) is 4.57 Å². The molecule has 2 aromatic heterocycles. The van der Waals surface area contributed by atoms with Crippen LogP contribution >= 0.6 is 30.5 Å². The average molecular weight is 430 g/mol. The Balaban J connectivity index is 1.73. The molecule has 2 heterocycles. The van der Waals surface area contributed by atoms with Crippen LogP contribution in [0.15, 0.2) is 23.6 Å². The molecule has 1 atom stereocenters. The highest BCUT2D eigenvalue weighted by atomic mass is 32.1. The summed E-state index contributed by atoms with van der Waals surface area (Å²) in [5.41, 5.74) is 6.47. The Morgan fingerprint density at radius 1 is 1.33 bits per heavy atom. The van der Waals surface area contributed by atoms with Crippen LogP contribution in [0.2, 0.25) is 0 Å². The first-order valence-corrected chi connectivity index (χ1v) is 11.5. The third kappa shape index (κ3) is 9.15. The molecule has 27 heavy (non-hydrogen) atoms. The zero-order valence-corrected chi connectivity index (χ0v) is 17.8. The predicted molar refractivity (Wildman–Crippen MR) is 109 cm³/mol. The van der Waals surface area contributed by atoms with Gasteiger partial charge >= 0.3 is 7.82 Å². The summed E-state index contributed by atoms with van der Waals surface area (Å²) in [5, 5.41) is 2.10. The molecular weight excluding hydrogens is 405 g/mol. The number of phosphoric acid groups is 1. The lowest BCUT2D eigenvalue weighted by molar-refractivity contribution is 0.154. The van der Waals surface area contributed by atoms with Gasteiger partial charge in [0.05, 0.1) is 18.1 Å². The summed E-state index contributed by atoms with van der Waals surface area (Å²) in [4.78, 5) is 20.8. The fraction of sp³-hybridized carbons (Fsp3) is 0.444. The predicted octanol–water partition coefficient (Wildman–Crippen LogP) is 3.45. The molecule has 0 saturated heterocycles. The highest BCUT2D eigenvalue weighted by Crippen LogP contribution is 2.37. The largest absolute Gasteiger partial charge is 0.469 e. The van der Waals surface area contributed by atoms with Crippen LogP contribution in [0.5, 0.6) is 0 Å². The van der Waals surface area contributed by atoms with E-state index in [1.807, 2.05) is 12.1 Å². The van der Waals surface area contributed by atoms with Crippen LogP contribution in [-0.2, 0) is 26.9 Å². The molecule has 0 aliphatic heterocycles. The molecule has 0 aliphatic rings. The molecule has 9 heteroatoms. The van der Waals surface area contributed by atoms with Crippen molar-refractivity contribution in [3.05, 3.63) is 43.8 Å². The Kier molecular flexibility index (Phi) is 8.22. The van der Waals surface area contributed by atoms with E-state index in [1.54, 1.807) is 29.6 Å². The van der Waals surface area contributed by atoms with Gasteiger partial charge in [0.25, 0.3) is 0 Å². The minimum atomic E-state index is -4.50. The Bertz CT molecular complexity index is 843. The smallest absolute Gasteiger partial charge is 0.363 e. The normalized spacial score (nSPS) is 13.8. The van der Waals surface area contributed by atoms with Gasteiger partial charge in [-0.3, -0.25) is 4.52 Å². The molecule has 0 bridgehead atoms. The summed E-state index contributed by atoms with van der Waals surface area (Å²) >= 11 is 3.26. The molecule has 0 saturated carbocycles. The van der Waals surface area contributed by atoms with E-state index in [0.29, 0.717) is 26.1 Å². The van der Waals surface area contributed by atoms with Crippen LogP contribution < -0.4 is 5.73 Å². The Morgan fingerprint density at radius 3 is 2.78 bits per heavy atom. The van der Waals surface area contributed by atoms with E-state index < -0.39 is 13.4 Å². The van der Waals surface area contributed by atoms with E-state index in [2.05, 4.69) is 34.7 Å². The first-order valence-electron chi connectivity index (χ1n) is 8.31. The third-order valence-electron chi connectivity index (χ3n) is 3.58. The lowest BCUT2D eigenvalue weighted by Gasteiger charge is -2.24. The topological polar surface area (TPSA) is 102 Å². The molecular formula is C18H24NO5PS2. The molecule has 2 aromatic rings. The van der Waals surface area contributed by atoms with Crippen molar-refractivity contribution in [1.82, 2.24) is 0 Å². The quantitative estimate of drug-likeness (QED) is 0.321. The van der Waals surface area contributed by atoms with Crippen LogP contribution in [0, 0.1) is 18.8 Å². The molecule has 6 nitrogen and oxygen atoms in total. The Morgan fingerprint density at radius 2 is 2.11 bits per heavy atom. The molecule has 4 N–H and O–H groups in total. The van der Waals surface area contributed by atoms with E-state index >= 15 is 0 Å². The van der Waals surface area contributed by atoms with E-state index in [1.165, 1.54) is 10.4 Å². The molecule has 2 rings (SSSR count). The standard InChI is InChI=1S/C18H24NO5PS2/c1-14-10-17(26-12-14)11-23-9-3-4-15-5-6-16(27-15)7-8-18(2,19)13-24-25(20,21)22/h5-6,10,12H,7-9,11,13,19H2,1-2H3,(H2,20,21,22). The van der Waals surface area contributed by atoms with Crippen molar-refractivity contribution in [2.24, 2.45) is 5.73 Å². The maximum absolute atomic E-state index is 10.8. The number of hydrogen-bond donors (Lipinski definition) is 3. The number of phosphoric ester groups is 1. The first kappa shape index (κ1) is 22.3. The average Bonchev–Trinajstić information content (AvgIpc) is 3.19. The van der Waals surface area contributed by atoms with Gasteiger partial charge in [0.15, 0.2) is 0 Å². The second kappa shape index (κ2) is 9.97. The number of hydrogen-bond acceptors (Lipinski definition) is 6. The second-order valence-corrected chi connectivity index (χ2v) is 9.97. The van der Waals surface area contributed by atoms with Crippen molar-refractivity contribution in [1.29, 1.82) is 0 Å². The highest BCUT2D eigenvalue weighted by molar-refractivity contribution is 7.46. The van der Waals surface area contributed by atoms with Gasteiger partial charge in [-0.2, -0.15) is 0 Å². The molecule has 0 radical (unpaired) electrons. The van der Waals surface area contributed by atoms with E-state index in [-0.39, 0.29) is 6.61 Å². The van der Waals surface area contributed by atoms with Crippen LogP contribution in [0.25, 0.3) is 0 Å². The van der Waals surface area contributed by atoms with Crippen molar-refractivity contribution < 1.29 is 23.6 Å². The summed E-state index contributed by atoms with van der Waals surface area (Å²) in [7, 11) is -4.50. The van der Waals surface area contributed by atoms with Gasteiger partial charge < -0.3 is 20.3 Å². The van der Waals surface area contributed by atoms with Gasteiger partial charge in [0.1, 0.15) is 6.61 Å². The number of rotatable bonds is 9. The van der Waals surface area contributed by atoms with Crippen LogP contribution in [0.4, 0.5) is 0 Å². The van der Waals surface area contributed by atoms with Crippen molar-refractivity contribution in [2.75, 3.05) is 13.2 Å². The number of ether oxygens (including phenoxy) is 1. The number of nitrogens with two attached hydrogens (primary N) is 1. The van der Waals surface area contributed by atoms with Gasteiger partial charge in [-0.15, -0.1) is 22.7 Å². The Labute approximate surface area is 167 Å². The van der Waals surface area contributed by atoms with Gasteiger partial charge in [0.2, 0.25) is 0 Å². The monoisotopic (exact) mass is 429 g/mol. The molecule has 0 aliphatic carbocycles. The summed E-state index contributed by atoms with van der Waals surface area (Å²) in [6.45, 7) is 4.53. The van der Waals surface area contributed by atoms with E-state index in [9.17, 15) is 4.57 Å². The maximum Gasteiger partial charge on any atom is 0.469 e. The summed E-state index contributed by atoms with van der Waals surface area (Å²) < 4.78 is 20.8. The fourth-order valence-corrected chi connectivity index (χ4v) is 4.34. The summed E-state index contributed by atoms with van der Waals surface area (Å²) in [6.07, 6.45) is 1.24. The summed E-state index contributed by atoms with van der Waals surface area (Å²) in [5.74, 6) is 6.10. The zero-order chi connectivity index (χ0) is 19.9. The van der Waals surface area contributed by atoms with Crippen molar-refractivity contribution >= 4 is 30.5 Å². The number of aryl methyl sites for hydroxylation is 2. The summed E-state index contributed by atoms with van der Waals surface area (Å²) in [6, 6.07) is 6.05. The minimum absolute atomic E-state index is 0.198. The van der Waals surface area contributed by atoms with Gasteiger partial charge in [-0.1, -0.05) is 11.8 Å². The highest BCUT2D eigenvalue weighted by Gasteiger charge is 2.24. The second-order valence-electron chi connectivity index (χ2n) is 6.57. The molecule has 148 valence electrons. The van der Waals surface area contributed by atoms with Crippen LogP contribution in [-0.4, -0.2) is 28.5 Å². The lowest BCUT2D eigenvalue weighted by atomic mass is 9.98. The van der Waals surface area contributed by atoms with Crippen molar-refractivity contribution in [2.45, 2.75) is 38.8 Å². The zero-order valence-electron chi connectivity index (χ0n) is 15.3. The number of thiophene rings is 2. The van der Waals surface area contributed by atoms with Gasteiger partial charge in [-0.05, 0) is 55.8 Å².